The maximum Gasteiger partial charge on any atom is 0.405 e. The number of alkyl halides is 3. The number of anilines is 1. The van der Waals surface area contributed by atoms with Gasteiger partial charge in [-0.2, -0.15) is 13.2 Å². The molecular weight excluding hydrogens is 313 g/mol. The monoisotopic (exact) mass is 330 g/mol. The first-order valence-electron chi connectivity index (χ1n) is 7.18. The molecular formula is C15H17F3N2O3. The predicted octanol–water partition coefficient (Wildman–Crippen LogP) is 2.12. The number of hydrogen-bond donors (Lipinski definition) is 1. The number of nitrogens with zero attached hydrogens (tertiary/aromatic N) is 1. The fourth-order valence-corrected chi connectivity index (χ4v) is 2.41. The molecule has 1 aromatic carbocycles. The minimum absolute atomic E-state index is 0.0343. The van der Waals surface area contributed by atoms with Gasteiger partial charge in [0.1, 0.15) is 12.3 Å². The average molecular weight is 330 g/mol. The molecule has 0 bridgehead atoms. The Labute approximate surface area is 131 Å². The van der Waals surface area contributed by atoms with Crippen LogP contribution in [-0.4, -0.2) is 37.7 Å². The molecule has 23 heavy (non-hydrogen) atoms. The third-order valence-corrected chi connectivity index (χ3v) is 3.41. The van der Waals surface area contributed by atoms with Crippen LogP contribution in [0.15, 0.2) is 24.3 Å². The van der Waals surface area contributed by atoms with Crippen molar-refractivity contribution in [2.45, 2.75) is 19.5 Å². The SMILES string of the molecule is CCOc1ccccc1N1CC(C(=O)NCC(F)(F)F)CC1=O. The summed E-state index contributed by atoms with van der Waals surface area (Å²) >= 11 is 0. The Balaban J connectivity index is 2.07. The fraction of sp³-hybridized carbons (Fsp3) is 0.467. The summed E-state index contributed by atoms with van der Waals surface area (Å²) < 4.78 is 41.9. The minimum atomic E-state index is -4.47. The van der Waals surface area contributed by atoms with Crippen molar-refractivity contribution in [1.82, 2.24) is 5.32 Å². The second-order valence-electron chi connectivity index (χ2n) is 5.14. The van der Waals surface area contributed by atoms with Gasteiger partial charge in [-0.1, -0.05) is 12.1 Å². The normalized spacial score (nSPS) is 18.2. The molecule has 1 aliphatic rings. The molecule has 1 aliphatic heterocycles. The van der Waals surface area contributed by atoms with Crippen LogP contribution >= 0.6 is 0 Å². The Hall–Kier alpha value is -2.25. The fourth-order valence-electron chi connectivity index (χ4n) is 2.41. The van der Waals surface area contributed by atoms with Gasteiger partial charge in [-0.3, -0.25) is 9.59 Å². The predicted molar refractivity (Wildman–Crippen MR) is 77.1 cm³/mol. The summed E-state index contributed by atoms with van der Waals surface area (Å²) in [6.45, 7) is 0.850. The van der Waals surface area contributed by atoms with Crippen molar-refractivity contribution >= 4 is 17.5 Å². The smallest absolute Gasteiger partial charge is 0.405 e. The Bertz CT molecular complexity index is 590. The summed E-state index contributed by atoms with van der Waals surface area (Å²) in [5.74, 6) is -1.39. The molecule has 1 N–H and O–H groups in total. The van der Waals surface area contributed by atoms with Crippen LogP contribution in [0.3, 0.4) is 0 Å². The second-order valence-corrected chi connectivity index (χ2v) is 5.14. The quantitative estimate of drug-likeness (QED) is 0.900. The third-order valence-electron chi connectivity index (χ3n) is 3.41. The summed E-state index contributed by atoms with van der Waals surface area (Å²) in [5.41, 5.74) is 0.519. The molecule has 126 valence electrons. The van der Waals surface area contributed by atoms with Crippen LogP contribution in [0.5, 0.6) is 5.75 Å². The average Bonchev–Trinajstić information content (AvgIpc) is 2.87. The van der Waals surface area contributed by atoms with Gasteiger partial charge >= 0.3 is 6.18 Å². The summed E-state index contributed by atoms with van der Waals surface area (Å²) in [6, 6.07) is 6.85. The molecule has 1 fully saturated rings. The summed E-state index contributed by atoms with van der Waals surface area (Å²) in [7, 11) is 0. The van der Waals surface area contributed by atoms with Crippen LogP contribution in [0, 0.1) is 5.92 Å². The van der Waals surface area contributed by atoms with E-state index in [2.05, 4.69) is 0 Å². The number of carbonyl (C=O) groups excluding carboxylic acids is 2. The number of carbonyl (C=O) groups is 2. The number of nitrogens with one attached hydrogen (secondary N) is 1. The van der Waals surface area contributed by atoms with Gasteiger partial charge in [0.2, 0.25) is 11.8 Å². The van der Waals surface area contributed by atoms with Gasteiger partial charge in [0.05, 0.1) is 18.2 Å². The Kier molecular flexibility index (Phi) is 5.12. The van der Waals surface area contributed by atoms with Gasteiger partial charge < -0.3 is 15.0 Å². The van der Waals surface area contributed by atoms with Crippen molar-refractivity contribution < 1.29 is 27.5 Å². The first-order chi connectivity index (χ1) is 10.8. The van der Waals surface area contributed by atoms with Crippen LogP contribution in [0.25, 0.3) is 0 Å². The number of amides is 2. The molecule has 1 aromatic rings. The number of hydrogen-bond acceptors (Lipinski definition) is 3. The number of para-hydroxylation sites is 2. The Morgan fingerprint density at radius 2 is 2.09 bits per heavy atom. The highest BCUT2D eigenvalue weighted by molar-refractivity contribution is 6.01. The molecule has 0 spiro atoms. The van der Waals surface area contributed by atoms with E-state index >= 15 is 0 Å². The number of rotatable bonds is 5. The highest BCUT2D eigenvalue weighted by Gasteiger charge is 2.37. The van der Waals surface area contributed by atoms with Gasteiger partial charge in [0, 0.05) is 13.0 Å². The molecule has 0 aliphatic carbocycles. The first kappa shape index (κ1) is 17.1. The zero-order valence-electron chi connectivity index (χ0n) is 12.5. The molecule has 1 saturated heterocycles. The van der Waals surface area contributed by atoms with Gasteiger partial charge in [-0.25, -0.2) is 0 Å². The van der Waals surface area contributed by atoms with Crippen LogP contribution in [0.1, 0.15) is 13.3 Å². The van der Waals surface area contributed by atoms with E-state index in [-0.39, 0.29) is 18.9 Å². The van der Waals surface area contributed by atoms with Crippen molar-refractivity contribution in [3.05, 3.63) is 24.3 Å². The molecule has 1 heterocycles. The van der Waals surface area contributed by atoms with E-state index in [9.17, 15) is 22.8 Å². The van der Waals surface area contributed by atoms with E-state index in [0.717, 1.165) is 0 Å². The highest BCUT2D eigenvalue weighted by atomic mass is 19.4. The van der Waals surface area contributed by atoms with Gasteiger partial charge in [0.15, 0.2) is 0 Å². The molecule has 5 nitrogen and oxygen atoms in total. The molecule has 0 saturated carbocycles. The lowest BCUT2D eigenvalue weighted by Gasteiger charge is -2.20. The zero-order valence-corrected chi connectivity index (χ0v) is 12.5. The number of ether oxygens (including phenoxy) is 1. The minimum Gasteiger partial charge on any atom is -0.492 e. The standard InChI is InChI=1S/C15H17F3N2O3/c1-2-23-12-6-4-3-5-11(12)20-8-10(7-13(20)21)14(22)19-9-15(16,17)18/h3-6,10H,2,7-9H2,1H3,(H,19,22). The van der Waals surface area contributed by atoms with E-state index in [0.29, 0.717) is 18.0 Å². The van der Waals surface area contributed by atoms with Crippen LogP contribution < -0.4 is 15.0 Å². The Morgan fingerprint density at radius 1 is 1.39 bits per heavy atom. The largest absolute Gasteiger partial charge is 0.492 e. The van der Waals surface area contributed by atoms with Crippen LogP contribution in [-0.2, 0) is 9.59 Å². The topological polar surface area (TPSA) is 58.6 Å². The summed E-state index contributed by atoms with van der Waals surface area (Å²) in [4.78, 5) is 25.3. The molecule has 2 amide bonds. The summed E-state index contributed by atoms with van der Waals surface area (Å²) in [6.07, 6.45) is -4.59. The van der Waals surface area contributed by atoms with Gasteiger partial charge in [-0.15, -0.1) is 0 Å². The van der Waals surface area contributed by atoms with Crippen LogP contribution in [0.4, 0.5) is 18.9 Å². The molecule has 1 atom stereocenters. The van der Waals surface area contributed by atoms with E-state index in [1.165, 1.54) is 4.90 Å². The van der Waals surface area contributed by atoms with E-state index < -0.39 is 24.5 Å². The number of benzene rings is 1. The van der Waals surface area contributed by atoms with Crippen LogP contribution in [0.2, 0.25) is 0 Å². The first-order valence-corrected chi connectivity index (χ1v) is 7.18. The summed E-state index contributed by atoms with van der Waals surface area (Å²) in [5, 5.41) is 1.82. The van der Waals surface area contributed by atoms with Crippen molar-refractivity contribution in [3.8, 4) is 5.75 Å². The zero-order chi connectivity index (χ0) is 17.0. The van der Waals surface area contributed by atoms with Crippen molar-refractivity contribution in [3.63, 3.8) is 0 Å². The number of halogens is 3. The van der Waals surface area contributed by atoms with Crippen molar-refractivity contribution in [2.24, 2.45) is 5.92 Å². The highest BCUT2D eigenvalue weighted by Crippen LogP contribution is 2.33. The van der Waals surface area contributed by atoms with Crippen molar-refractivity contribution in [1.29, 1.82) is 0 Å². The maximum absolute atomic E-state index is 12.2. The third kappa shape index (κ3) is 4.37. The van der Waals surface area contributed by atoms with Crippen molar-refractivity contribution in [2.75, 3.05) is 24.6 Å². The maximum atomic E-state index is 12.2. The van der Waals surface area contributed by atoms with E-state index in [4.69, 9.17) is 4.74 Å². The molecule has 2 rings (SSSR count). The van der Waals surface area contributed by atoms with E-state index in [1.54, 1.807) is 31.2 Å². The van der Waals surface area contributed by atoms with E-state index in [1.807, 2.05) is 5.32 Å². The Morgan fingerprint density at radius 3 is 2.74 bits per heavy atom. The molecule has 8 heteroatoms. The second kappa shape index (κ2) is 6.89. The molecule has 0 radical (unpaired) electrons. The lowest BCUT2D eigenvalue weighted by atomic mass is 10.1. The molecule has 1 unspecified atom stereocenters. The lowest BCUT2D eigenvalue weighted by Crippen LogP contribution is -2.38. The molecule has 0 aromatic heterocycles. The lowest BCUT2D eigenvalue weighted by molar-refractivity contribution is -0.140. The van der Waals surface area contributed by atoms with Gasteiger partial charge in [0.25, 0.3) is 0 Å². The van der Waals surface area contributed by atoms with Gasteiger partial charge in [-0.05, 0) is 19.1 Å².